The van der Waals surface area contributed by atoms with E-state index in [9.17, 15) is 32.7 Å². The lowest BCUT2D eigenvalue weighted by atomic mass is 9.74. The number of carbonyl (C=O) groups is 3. The molecule has 12 heteroatoms. The van der Waals surface area contributed by atoms with Gasteiger partial charge in [0.05, 0.1) is 34.8 Å². The van der Waals surface area contributed by atoms with Gasteiger partial charge in [-0.05, 0) is 74.8 Å². The van der Waals surface area contributed by atoms with Gasteiger partial charge in [0.15, 0.2) is 5.69 Å². The Morgan fingerprint density at radius 1 is 1.15 bits per heavy atom. The molecule has 1 N–H and O–H groups in total. The largest absolute Gasteiger partial charge is 0.481 e. The highest BCUT2D eigenvalue weighted by molar-refractivity contribution is 6.33. The van der Waals surface area contributed by atoms with Crippen molar-refractivity contribution in [1.29, 1.82) is 0 Å². The molecule has 1 amide bonds. The summed E-state index contributed by atoms with van der Waals surface area (Å²) in [6.45, 7) is 5.40. The monoisotopic (exact) mass is 580 g/mol. The van der Waals surface area contributed by atoms with Crippen LogP contribution in [-0.2, 0) is 11.0 Å². The van der Waals surface area contributed by atoms with Crippen LogP contribution >= 0.6 is 11.6 Å². The fourth-order valence-electron chi connectivity index (χ4n) is 6.85. The quantitative estimate of drug-likeness (QED) is 0.408. The zero-order chi connectivity index (χ0) is 29.2. The Balaban J connectivity index is 1.46. The zero-order valence-corrected chi connectivity index (χ0v) is 23.3. The molecule has 0 spiro atoms. The molecule has 0 saturated heterocycles. The van der Waals surface area contributed by atoms with Crippen molar-refractivity contribution in [1.82, 2.24) is 19.7 Å². The molecule has 8 nitrogen and oxygen atoms in total. The third kappa shape index (κ3) is 4.90. The molecule has 5 rings (SSSR count). The third-order valence-corrected chi connectivity index (χ3v) is 9.90. The van der Waals surface area contributed by atoms with Gasteiger partial charge in [0.1, 0.15) is 5.69 Å². The van der Waals surface area contributed by atoms with E-state index in [0.29, 0.717) is 24.7 Å². The minimum absolute atomic E-state index is 0.0409. The second-order valence-electron chi connectivity index (χ2n) is 12.3. The van der Waals surface area contributed by atoms with Crippen LogP contribution in [0.3, 0.4) is 0 Å². The average Bonchev–Trinajstić information content (AvgIpc) is 3.31. The Kier molecular flexibility index (Phi) is 7.04. The van der Waals surface area contributed by atoms with Gasteiger partial charge in [0.2, 0.25) is 5.78 Å². The highest BCUT2D eigenvalue weighted by Crippen LogP contribution is 2.67. The molecule has 0 aliphatic heterocycles. The Hall–Kier alpha value is -2.95. The fraction of sp³-hybridized carbons (Fsp3) is 0.607. The van der Waals surface area contributed by atoms with E-state index >= 15 is 0 Å². The Morgan fingerprint density at radius 3 is 2.33 bits per heavy atom. The zero-order valence-electron chi connectivity index (χ0n) is 22.5. The summed E-state index contributed by atoms with van der Waals surface area (Å²) in [7, 11) is 0. The third-order valence-electron chi connectivity index (χ3n) is 9.59. The summed E-state index contributed by atoms with van der Waals surface area (Å²) in [6.07, 6.45) is -0.624. The van der Waals surface area contributed by atoms with Crippen LogP contribution in [0.5, 0.6) is 0 Å². The van der Waals surface area contributed by atoms with Crippen molar-refractivity contribution in [2.24, 2.45) is 22.7 Å². The summed E-state index contributed by atoms with van der Waals surface area (Å²) in [6, 6.07) is 1.94. The maximum absolute atomic E-state index is 14.5. The lowest BCUT2D eigenvalue weighted by Gasteiger charge is -2.35. The number of aromatic nitrogens is 3. The van der Waals surface area contributed by atoms with Crippen molar-refractivity contribution in [2.75, 3.05) is 6.54 Å². The van der Waals surface area contributed by atoms with Gasteiger partial charge in [0.25, 0.3) is 5.91 Å². The molecule has 3 saturated carbocycles. The molecule has 3 fully saturated rings. The second kappa shape index (κ2) is 9.85. The van der Waals surface area contributed by atoms with Crippen LogP contribution in [0.4, 0.5) is 13.2 Å². The molecule has 0 radical (unpaired) electrons. The maximum atomic E-state index is 14.5. The molecule has 3 aliphatic rings. The molecular weight excluding hydrogens is 549 g/mol. The Labute approximate surface area is 234 Å². The number of Topliss-reactive ketones (excluding diaryl/α,β-unsaturated/α-hetero) is 1. The molecular formula is C28H32ClF3N4O4. The number of alkyl halides is 3. The van der Waals surface area contributed by atoms with E-state index in [-0.39, 0.29) is 41.8 Å². The lowest BCUT2D eigenvalue weighted by Crippen LogP contribution is -2.44. The number of carboxylic acids is 1. The molecule has 2 heterocycles. The van der Waals surface area contributed by atoms with Gasteiger partial charge in [-0.3, -0.25) is 24.0 Å². The van der Waals surface area contributed by atoms with E-state index in [1.165, 1.54) is 17.2 Å². The molecule has 0 aromatic carbocycles. The van der Waals surface area contributed by atoms with Crippen molar-refractivity contribution in [3.05, 3.63) is 46.5 Å². The van der Waals surface area contributed by atoms with Crippen LogP contribution in [-0.4, -0.2) is 55.0 Å². The van der Waals surface area contributed by atoms with Crippen LogP contribution in [0.25, 0.3) is 0 Å². The topological polar surface area (TPSA) is 105 Å². The number of carbonyl (C=O) groups excluding carboxylic acids is 2. The van der Waals surface area contributed by atoms with Crippen molar-refractivity contribution in [3.8, 4) is 0 Å². The molecule has 2 aromatic rings. The summed E-state index contributed by atoms with van der Waals surface area (Å²) in [4.78, 5) is 44.0. The summed E-state index contributed by atoms with van der Waals surface area (Å²) < 4.78 is 44.4. The van der Waals surface area contributed by atoms with Crippen LogP contribution in [0, 0.1) is 22.7 Å². The fourth-order valence-corrected chi connectivity index (χ4v) is 7.08. The van der Waals surface area contributed by atoms with Gasteiger partial charge in [-0.2, -0.15) is 18.3 Å². The van der Waals surface area contributed by atoms with Crippen molar-refractivity contribution >= 4 is 29.3 Å². The van der Waals surface area contributed by atoms with E-state index in [2.05, 4.69) is 23.9 Å². The number of nitrogens with zero attached hydrogens (tertiary/aromatic N) is 4. The van der Waals surface area contributed by atoms with Gasteiger partial charge in [-0.25, -0.2) is 0 Å². The first-order valence-corrected chi connectivity index (χ1v) is 13.9. The highest BCUT2D eigenvalue weighted by atomic mass is 35.5. The summed E-state index contributed by atoms with van der Waals surface area (Å²) >= 11 is 6.15. The Bertz CT molecular complexity index is 1340. The van der Waals surface area contributed by atoms with Crippen molar-refractivity contribution in [2.45, 2.75) is 77.6 Å². The molecule has 3 atom stereocenters. The predicted octanol–water partition coefficient (Wildman–Crippen LogP) is 5.92. The SMILES string of the molecule is CC1(C)[C@@H]2C[C@H](N(CC(=O)c3ncccc3Cl)C(=O)c3cnn([C@H]4CC[C@](C)(C(=O)O)CC4)c3C(F)(F)F)C[C@@H]21. The number of fused-ring (bicyclic) bond motifs is 1. The normalized spacial score (nSPS) is 29.1. The molecule has 40 heavy (non-hydrogen) atoms. The number of ketones is 1. The van der Waals surface area contributed by atoms with Crippen molar-refractivity contribution < 1.29 is 32.7 Å². The number of halogens is 4. The number of hydrogen-bond donors (Lipinski definition) is 1. The van der Waals surface area contributed by atoms with E-state index in [4.69, 9.17) is 11.6 Å². The van der Waals surface area contributed by atoms with Crippen LogP contribution < -0.4 is 0 Å². The molecule has 3 aliphatic carbocycles. The maximum Gasteiger partial charge on any atom is 0.433 e. The number of amides is 1. The smallest absolute Gasteiger partial charge is 0.433 e. The minimum atomic E-state index is -4.89. The second-order valence-corrected chi connectivity index (χ2v) is 12.7. The van der Waals surface area contributed by atoms with Gasteiger partial charge < -0.3 is 10.0 Å². The van der Waals surface area contributed by atoms with Gasteiger partial charge in [0, 0.05) is 12.2 Å². The van der Waals surface area contributed by atoms with Crippen LogP contribution in [0.15, 0.2) is 24.5 Å². The summed E-state index contributed by atoms with van der Waals surface area (Å²) in [5.74, 6) is -1.78. The summed E-state index contributed by atoms with van der Waals surface area (Å²) in [5, 5.41) is 13.6. The Morgan fingerprint density at radius 2 is 1.77 bits per heavy atom. The first kappa shape index (κ1) is 28.6. The number of rotatable bonds is 7. The number of carboxylic acid groups (broad SMARTS) is 1. The van der Waals surface area contributed by atoms with E-state index < -0.39 is 59.1 Å². The number of hydrogen-bond acceptors (Lipinski definition) is 5. The molecule has 2 aromatic heterocycles. The standard InChI is InChI=1S/C28H32ClF3N4O4/c1-26(2)18-11-16(12-19(18)26)35(14-21(37)22-20(29)5-4-10-33-22)24(38)17-13-34-36(23(17)28(30,31)32)15-6-8-27(3,9-7-15)25(39)40/h4-5,10,13,15-16,18-19H,6-9,11-12,14H2,1-3H3,(H,39,40)/t15-,16-,18+,19-,27-. The molecule has 216 valence electrons. The minimum Gasteiger partial charge on any atom is -0.481 e. The van der Waals surface area contributed by atoms with E-state index in [0.717, 1.165) is 10.9 Å². The highest BCUT2D eigenvalue weighted by Gasteiger charge is 2.63. The lowest BCUT2D eigenvalue weighted by molar-refractivity contribution is -0.152. The van der Waals surface area contributed by atoms with Gasteiger partial charge >= 0.3 is 12.1 Å². The molecule has 0 unspecified atom stereocenters. The van der Waals surface area contributed by atoms with Gasteiger partial charge in [-0.1, -0.05) is 25.4 Å². The average molecular weight is 581 g/mol. The van der Waals surface area contributed by atoms with Crippen LogP contribution in [0.1, 0.15) is 91.9 Å². The number of pyridine rings is 1. The van der Waals surface area contributed by atoms with Crippen molar-refractivity contribution in [3.63, 3.8) is 0 Å². The van der Waals surface area contributed by atoms with Gasteiger partial charge in [-0.15, -0.1) is 0 Å². The first-order chi connectivity index (χ1) is 18.6. The summed E-state index contributed by atoms with van der Waals surface area (Å²) in [5.41, 5.74) is -2.73. The predicted molar refractivity (Wildman–Crippen MR) is 139 cm³/mol. The van der Waals surface area contributed by atoms with E-state index in [1.54, 1.807) is 13.0 Å². The number of aliphatic carboxylic acids is 1. The van der Waals surface area contributed by atoms with E-state index in [1.807, 2.05) is 0 Å². The first-order valence-electron chi connectivity index (χ1n) is 13.5. The van der Waals surface area contributed by atoms with Crippen LogP contribution in [0.2, 0.25) is 5.02 Å². The molecule has 0 bridgehead atoms.